The molecule has 2 amide bonds. The zero-order chi connectivity index (χ0) is 19.4. The number of rotatable bonds is 5. The smallest absolute Gasteiger partial charge is 0.352 e. The first-order valence-corrected chi connectivity index (χ1v) is 9.58. The van der Waals surface area contributed by atoms with Crippen molar-refractivity contribution in [2.24, 2.45) is 0 Å². The minimum absolute atomic E-state index is 0.0107. The van der Waals surface area contributed by atoms with Gasteiger partial charge < -0.3 is 10.2 Å². The van der Waals surface area contributed by atoms with Crippen LogP contribution < -0.4 is 5.32 Å². The first kappa shape index (κ1) is 20.2. The molecule has 1 aromatic carbocycles. The van der Waals surface area contributed by atoms with Crippen molar-refractivity contribution in [3.8, 4) is 0 Å². The third-order valence-corrected chi connectivity index (χ3v) is 5.57. The molecule has 1 aliphatic rings. The van der Waals surface area contributed by atoms with E-state index in [0.717, 1.165) is 43.5 Å². The molecule has 0 radical (unpaired) electrons. The molecule has 0 atom stereocenters. The number of amides is 2. The maximum Gasteiger partial charge on any atom is 0.501 e. The van der Waals surface area contributed by atoms with Crippen LogP contribution in [-0.2, 0) is 14.6 Å². The van der Waals surface area contributed by atoms with Gasteiger partial charge in [0.05, 0.1) is 4.90 Å². The van der Waals surface area contributed by atoms with Gasteiger partial charge in [-0.15, -0.1) is 0 Å². The lowest BCUT2D eigenvalue weighted by molar-refractivity contribution is -0.131. The molecule has 1 saturated heterocycles. The van der Waals surface area contributed by atoms with Crippen LogP contribution in [0.25, 0.3) is 0 Å². The van der Waals surface area contributed by atoms with E-state index in [-0.39, 0.29) is 24.4 Å². The van der Waals surface area contributed by atoms with Crippen LogP contribution >= 0.6 is 0 Å². The standard InChI is InChI=1S/C16H19F3N2O4S/c17-16(18,19)26(24,25)13-6-4-12(5-7-13)15(23)20-9-8-14(22)21-10-2-1-3-11-21/h4-7H,1-3,8-11H2,(H,20,23). The van der Waals surface area contributed by atoms with E-state index in [0.29, 0.717) is 13.1 Å². The number of likely N-dealkylation sites (tertiary alicyclic amines) is 1. The van der Waals surface area contributed by atoms with E-state index in [1.807, 2.05) is 0 Å². The highest BCUT2D eigenvalue weighted by Gasteiger charge is 2.46. The van der Waals surface area contributed by atoms with E-state index in [1.165, 1.54) is 0 Å². The summed E-state index contributed by atoms with van der Waals surface area (Å²) in [7, 11) is -5.44. The summed E-state index contributed by atoms with van der Waals surface area (Å²) in [6.07, 6.45) is 3.16. The van der Waals surface area contributed by atoms with Gasteiger partial charge in [-0.2, -0.15) is 13.2 Å². The molecule has 144 valence electrons. The van der Waals surface area contributed by atoms with Crippen LogP contribution in [0.2, 0.25) is 0 Å². The second kappa shape index (κ2) is 8.07. The first-order valence-electron chi connectivity index (χ1n) is 8.10. The Kier molecular flexibility index (Phi) is 6.27. The summed E-state index contributed by atoms with van der Waals surface area (Å²) in [4.78, 5) is 24.7. The van der Waals surface area contributed by atoms with Gasteiger partial charge in [0.15, 0.2) is 0 Å². The highest BCUT2D eigenvalue weighted by molar-refractivity contribution is 7.92. The van der Waals surface area contributed by atoms with Gasteiger partial charge in [0.2, 0.25) is 5.91 Å². The fourth-order valence-electron chi connectivity index (χ4n) is 2.61. The number of piperidine rings is 1. The Hall–Kier alpha value is -2.10. The Balaban J connectivity index is 1.89. The molecule has 6 nitrogen and oxygen atoms in total. The first-order chi connectivity index (χ1) is 12.1. The third-order valence-electron chi connectivity index (χ3n) is 4.06. The molecular weight excluding hydrogens is 373 g/mol. The number of alkyl halides is 3. The second-order valence-electron chi connectivity index (χ2n) is 5.92. The Morgan fingerprint density at radius 3 is 2.15 bits per heavy atom. The summed E-state index contributed by atoms with van der Waals surface area (Å²) in [5.41, 5.74) is -5.39. The van der Waals surface area contributed by atoms with Gasteiger partial charge in [-0.25, -0.2) is 8.42 Å². The van der Waals surface area contributed by atoms with Gasteiger partial charge >= 0.3 is 5.51 Å². The van der Waals surface area contributed by atoms with Crippen molar-refractivity contribution in [1.82, 2.24) is 10.2 Å². The molecule has 0 unspecified atom stereocenters. The normalized spacial score (nSPS) is 15.6. The van der Waals surface area contributed by atoms with Crippen molar-refractivity contribution < 1.29 is 31.2 Å². The molecule has 0 bridgehead atoms. The molecule has 0 aliphatic carbocycles. The molecule has 0 saturated carbocycles. The van der Waals surface area contributed by atoms with Crippen molar-refractivity contribution >= 4 is 21.7 Å². The van der Waals surface area contributed by atoms with E-state index < -0.39 is 26.1 Å². The number of hydrogen-bond donors (Lipinski definition) is 1. The number of carbonyl (C=O) groups excluding carboxylic acids is 2. The molecule has 1 heterocycles. The SMILES string of the molecule is O=C(NCCC(=O)N1CCCCC1)c1ccc(S(=O)(=O)C(F)(F)F)cc1. The van der Waals surface area contributed by atoms with Gasteiger partial charge in [0.1, 0.15) is 0 Å². The average molecular weight is 392 g/mol. The summed E-state index contributed by atoms with van der Waals surface area (Å²) < 4.78 is 59.9. The van der Waals surface area contributed by atoms with E-state index in [4.69, 9.17) is 0 Å². The average Bonchev–Trinajstić information content (AvgIpc) is 2.61. The molecule has 1 fully saturated rings. The molecular formula is C16H19F3N2O4S. The molecule has 1 aromatic rings. The van der Waals surface area contributed by atoms with Crippen LogP contribution in [-0.4, -0.2) is 50.3 Å². The van der Waals surface area contributed by atoms with Crippen LogP contribution in [0.15, 0.2) is 29.2 Å². The summed E-state index contributed by atoms with van der Waals surface area (Å²) in [6.45, 7) is 1.51. The lowest BCUT2D eigenvalue weighted by Gasteiger charge is -2.26. The van der Waals surface area contributed by atoms with Crippen molar-refractivity contribution in [3.05, 3.63) is 29.8 Å². The second-order valence-corrected chi connectivity index (χ2v) is 7.86. The molecule has 2 rings (SSSR count). The summed E-state index contributed by atoms with van der Waals surface area (Å²) in [6, 6.07) is 3.47. The van der Waals surface area contributed by atoms with Crippen LogP contribution in [0.5, 0.6) is 0 Å². The van der Waals surface area contributed by atoms with Gasteiger partial charge in [0.25, 0.3) is 15.7 Å². The van der Waals surface area contributed by atoms with E-state index in [2.05, 4.69) is 5.32 Å². The molecule has 1 aliphatic heterocycles. The highest BCUT2D eigenvalue weighted by Crippen LogP contribution is 2.30. The lowest BCUT2D eigenvalue weighted by Crippen LogP contribution is -2.37. The lowest BCUT2D eigenvalue weighted by atomic mass is 10.1. The zero-order valence-corrected chi connectivity index (χ0v) is 14.7. The number of nitrogens with one attached hydrogen (secondary N) is 1. The van der Waals surface area contributed by atoms with Crippen LogP contribution in [0.3, 0.4) is 0 Å². The maximum atomic E-state index is 12.5. The minimum Gasteiger partial charge on any atom is -0.352 e. The topological polar surface area (TPSA) is 83.6 Å². The minimum atomic E-state index is -5.44. The number of sulfone groups is 1. The number of hydrogen-bond acceptors (Lipinski definition) is 4. The Morgan fingerprint density at radius 1 is 1.04 bits per heavy atom. The Bertz CT molecular complexity index is 755. The van der Waals surface area contributed by atoms with Crippen molar-refractivity contribution in [1.29, 1.82) is 0 Å². The van der Waals surface area contributed by atoms with Crippen molar-refractivity contribution in [3.63, 3.8) is 0 Å². The fourth-order valence-corrected chi connectivity index (χ4v) is 3.37. The molecule has 0 spiro atoms. The van der Waals surface area contributed by atoms with E-state index in [9.17, 15) is 31.2 Å². The van der Waals surface area contributed by atoms with Crippen LogP contribution in [0.4, 0.5) is 13.2 Å². The predicted molar refractivity (Wildman–Crippen MR) is 87.1 cm³/mol. The monoisotopic (exact) mass is 392 g/mol. The zero-order valence-electron chi connectivity index (χ0n) is 13.9. The molecule has 26 heavy (non-hydrogen) atoms. The van der Waals surface area contributed by atoms with Crippen LogP contribution in [0, 0.1) is 0 Å². The molecule has 10 heteroatoms. The maximum absolute atomic E-state index is 12.5. The third kappa shape index (κ3) is 4.75. The van der Waals surface area contributed by atoms with Crippen LogP contribution in [0.1, 0.15) is 36.0 Å². The number of carbonyl (C=O) groups is 2. The summed E-state index contributed by atoms with van der Waals surface area (Å²) in [5, 5.41) is 2.50. The molecule has 1 N–H and O–H groups in total. The summed E-state index contributed by atoms with van der Waals surface area (Å²) in [5.74, 6) is -0.649. The highest BCUT2D eigenvalue weighted by atomic mass is 32.2. The van der Waals surface area contributed by atoms with Gasteiger partial charge in [-0.3, -0.25) is 9.59 Å². The molecule has 0 aromatic heterocycles. The Labute approximate surface area is 149 Å². The van der Waals surface area contributed by atoms with Gasteiger partial charge in [-0.1, -0.05) is 0 Å². The van der Waals surface area contributed by atoms with Gasteiger partial charge in [-0.05, 0) is 43.5 Å². The predicted octanol–water partition coefficient (Wildman–Crippen LogP) is 2.11. The number of nitrogens with zero attached hydrogens (tertiary/aromatic N) is 1. The van der Waals surface area contributed by atoms with E-state index in [1.54, 1.807) is 4.90 Å². The largest absolute Gasteiger partial charge is 0.501 e. The van der Waals surface area contributed by atoms with E-state index >= 15 is 0 Å². The number of halogens is 3. The Morgan fingerprint density at radius 2 is 1.62 bits per heavy atom. The van der Waals surface area contributed by atoms with Gasteiger partial charge in [0, 0.05) is 31.6 Å². The fraction of sp³-hybridized carbons (Fsp3) is 0.500. The van der Waals surface area contributed by atoms with Crippen molar-refractivity contribution in [2.75, 3.05) is 19.6 Å². The quantitative estimate of drug-likeness (QED) is 0.832. The number of benzene rings is 1. The summed E-state index contributed by atoms with van der Waals surface area (Å²) >= 11 is 0. The van der Waals surface area contributed by atoms with Crippen molar-refractivity contribution in [2.45, 2.75) is 36.1 Å².